The predicted octanol–water partition coefficient (Wildman–Crippen LogP) is 3.17. The van der Waals surface area contributed by atoms with E-state index in [2.05, 4.69) is 23.3 Å². The molecule has 1 aliphatic heterocycles. The van der Waals surface area contributed by atoms with E-state index in [1.54, 1.807) is 14.1 Å². The largest absolute Gasteiger partial charge is 0.332 e. The Bertz CT molecular complexity index is 939. The summed E-state index contributed by atoms with van der Waals surface area (Å²) in [6.07, 6.45) is 10.7. The highest BCUT2D eigenvalue weighted by molar-refractivity contribution is 5.71. The number of imidazole rings is 1. The fourth-order valence-electron chi connectivity index (χ4n) is 4.64. The van der Waals surface area contributed by atoms with E-state index in [1.165, 1.54) is 47.7 Å². The van der Waals surface area contributed by atoms with Gasteiger partial charge >= 0.3 is 5.69 Å². The fraction of sp³-hybridized carbons (Fsp3) is 0.773. The van der Waals surface area contributed by atoms with Crippen LogP contribution in [0.25, 0.3) is 11.2 Å². The molecule has 0 aromatic carbocycles. The lowest BCUT2D eigenvalue weighted by Crippen LogP contribution is -2.39. The van der Waals surface area contributed by atoms with Gasteiger partial charge in [-0.25, -0.2) is 9.78 Å². The number of hydrogen-bond donors (Lipinski definition) is 0. The second-order valence-corrected chi connectivity index (χ2v) is 8.50. The number of piperidine rings is 1. The summed E-state index contributed by atoms with van der Waals surface area (Å²) in [6, 6.07) is 0.577. The lowest BCUT2D eigenvalue weighted by Gasteiger charge is -2.34. The molecule has 7 nitrogen and oxygen atoms in total. The van der Waals surface area contributed by atoms with Crippen LogP contribution in [0.2, 0.25) is 0 Å². The van der Waals surface area contributed by atoms with Gasteiger partial charge in [0.1, 0.15) is 5.82 Å². The van der Waals surface area contributed by atoms with Crippen LogP contribution in [-0.2, 0) is 27.2 Å². The Hall–Kier alpha value is -1.89. The molecule has 0 unspecified atom stereocenters. The molecule has 1 fully saturated rings. The molecule has 3 rings (SSSR count). The van der Waals surface area contributed by atoms with Gasteiger partial charge < -0.3 is 4.57 Å². The van der Waals surface area contributed by atoms with Gasteiger partial charge in [0.15, 0.2) is 11.2 Å². The van der Waals surface area contributed by atoms with Crippen LogP contribution in [0.1, 0.15) is 77.5 Å². The first kappa shape index (κ1) is 21.8. The Labute approximate surface area is 173 Å². The van der Waals surface area contributed by atoms with Crippen molar-refractivity contribution in [2.45, 2.75) is 90.8 Å². The predicted molar refractivity (Wildman–Crippen MR) is 117 cm³/mol. The first-order chi connectivity index (χ1) is 14.0. The van der Waals surface area contributed by atoms with E-state index in [4.69, 9.17) is 4.98 Å². The number of unbranched alkanes of at least 4 members (excludes halogenated alkanes) is 4. The summed E-state index contributed by atoms with van der Waals surface area (Å²) in [4.78, 5) is 32.7. The van der Waals surface area contributed by atoms with Crippen molar-refractivity contribution in [1.82, 2.24) is 23.6 Å². The summed E-state index contributed by atoms with van der Waals surface area (Å²) in [5.41, 5.74) is 0.545. The normalized spacial score (nSPS) is 18.0. The average molecular weight is 404 g/mol. The molecule has 2 aromatic heterocycles. The van der Waals surface area contributed by atoms with Gasteiger partial charge in [0.2, 0.25) is 0 Å². The van der Waals surface area contributed by atoms with Crippen molar-refractivity contribution < 1.29 is 0 Å². The number of hydrogen-bond acceptors (Lipinski definition) is 4. The summed E-state index contributed by atoms with van der Waals surface area (Å²) in [7, 11) is 3.27. The van der Waals surface area contributed by atoms with Crippen molar-refractivity contribution in [3.8, 4) is 0 Å². The van der Waals surface area contributed by atoms with Crippen molar-refractivity contribution in [2.75, 3.05) is 6.54 Å². The van der Waals surface area contributed by atoms with Crippen LogP contribution in [0.4, 0.5) is 0 Å². The third kappa shape index (κ3) is 4.49. The van der Waals surface area contributed by atoms with Gasteiger partial charge in [0, 0.05) is 26.7 Å². The molecule has 1 atom stereocenters. The third-order valence-corrected chi connectivity index (χ3v) is 6.48. The lowest BCUT2D eigenvalue weighted by atomic mass is 10.00. The zero-order chi connectivity index (χ0) is 21.0. The minimum Gasteiger partial charge on any atom is -0.321 e. The third-order valence-electron chi connectivity index (χ3n) is 6.48. The highest BCUT2D eigenvalue weighted by atomic mass is 16.2. The van der Waals surface area contributed by atoms with Crippen molar-refractivity contribution >= 4 is 11.2 Å². The number of aromatic nitrogens is 4. The zero-order valence-electron chi connectivity index (χ0n) is 18.6. The Morgan fingerprint density at radius 2 is 1.76 bits per heavy atom. The quantitative estimate of drug-likeness (QED) is 0.603. The van der Waals surface area contributed by atoms with Gasteiger partial charge in [-0.1, -0.05) is 46.0 Å². The minimum atomic E-state index is -0.314. The zero-order valence-corrected chi connectivity index (χ0v) is 18.6. The second-order valence-electron chi connectivity index (χ2n) is 8.50. The van der Waals surface area contributed by atoms with Crippen molar-refractivity contribution in [3.63, 3.8) is 0 Å². The molecular weight excluding hydrogens is 366 g/mol. The van der Waals surface area contributed by atoms with Gasteiger partial charge in [-0.05, 0) is 32.2 Å². The number of likely N-dealkylation sites (tertiary alicyclic amines) is 1. The molecular formula is C22H37N5O2. The van der Waals surface area contributed by atoms with E-state index in [9.17, 15) is 9.59 Å². The van der Waals surface area contributed by atoms with E-state index in [0.717, 1.165) is 44.7 Å². The van der Waals surface area contributed by atoms with Crippen LogP contribution < -0.4 is 11.2 Å². The average Bonchev–Trinajstić information content (AvgIpc) is 3.09. The maximum absolute atomic E-state index is 13.0. The molecule has 29 heavy (non-hydrogen) atoms. The maximum Gasteiger partial charge on any atom is 0.332 e. The number of aryl methyl sites for hydroxylation is 2. The topological polar surface area (TPSA) is 65.1 Å². The molecule has 162 valence electrons. The molecule has 0 N–H and O–H groups in total. The summed E-state index contributed by atoms with van der Waals surface area (Å²) in [6.45, 7) is 7.08. The summed E-state index contributed by atoms with van der Waals surface area (Å²) in [5.74, 6) is 0.925. The summed E-state index contributed by atoms with van der Waals surface area (Å²) >= 11 is 0. The first-order valence-corrected chi connectivity index (χ1v) is 11.4. The Kier molecular flexibility index (Phi) is 7.33. The van der Waals surface area contributed by atoms with Crippen LogP contribution in [0.3, 0.4) is 0 Å². The minimum absolute atomic E-state index is 0.235. The number of fused-ring (bicyclic) bond motifs is 1. The van der Waals surface area contributed by atoms with Crippen molar-refractivity contribution in [2.24, 2.45) is 14.1 Å². The maximum atomic E-state index is 13.0. The summed E-state index contributed by atoms with van der Waals surface area (Å²) < 4.78 is 4.82. The molecule has 1 aliphatic rings. The molecule has 0 amide bonds. The molecule has 0 radical (unpaired) electrons. The molecule has 2 aromatic rings. The van der Waals surface area contributed by atoms with Gasteiger partial charge in [0.25, 0.3) is 5.56 Å². The number of nitrogens with zero attached hydrogens (tertiary/aromatic N) is 5. The first-order valence-electron chi connectivity index (χ1n) is 11.4. The Morgan fingerprint density at radius 3 is 2.48 bits per heavy atom. The highest BCUT2D eigenvalue weighted by Gasteiger charge is 2.25. The smallest absolute Gasteiger partial charge is 0.321 e. The summed E-state index contributed by atoms with van der Waals surface area (Å²) in [5, 5.41) is 0. The van der Waals surface area contributed by atoms with E-state index >= 15 is 0 Å². The molecule has 1 saturated heterocycles. The molecule has 0 aliphatic carbocycles. The number of rotatable bonds is 9. The van der Waals surface area contributed by atoms with Crippen molar-refractivity contribution in [1.29, 1.82) is 0 Å². The van der Waals surface area contributed by atoms with Crippen LogP contribution >= 0.6 is 0 Å². The molecule has 0 bridgehead atoms. The van der Waals surface area contributed by atoms with Gasteiger partial charge in [-0.3, -0.25) is 18.8 Å². The van der Waals surface area contributed by atoms with Crippen LogP contribution in [0, 0.1) is 0 Å². The highest BCUT2D eigenvalue weighted by Crippen LogP contribution is 2.23. The molecule has 0 spiro atoms. The van der Waals surface area contributed by atoms with Crippen LogP contribution in [0.15, 0.2) is 9.59 Å². The second kappa shape index (κ2) is 9.74. The van der Waals surface area contributed by atoms with Crippen molar-refractivity contribution in [3.05, 3.63) is 26.7 Å². The van der Waals surface area contributed by atoms with Crippen LogP contribution in [-0.4, -0.2) is 36.2 Å². The Balaban J connectivity index is 1.99. The fourth-order valence-corrected chi connectivity index (χ4v) is 4.64. The molecule has 0 saturated carbocycles. The van der Waals surface area contributed by atoms with Crippen LogP contribution in [0.5, 0.6) is 0 Å². The van der Waals surface area contributed by atoms with E-state index in [1.807, 2.05) is 0 Å². The monoisotopic (exact) mass is 403 g/mol. The van der Waals surface area contributed by atoms with E-state index in [-0.39, 0.29) is 11.2 Å². The van der Waals surface area contributed by atoms with E-state index < -0.39 is 0 Å². The van der Waals surface area contributed by atoms with E-state index in [0.29, 0.717) is 17.2 Å². The Morgan fingerprint density at radius 1 is 1.00 bits per heavy atom. The van der Waals surface area contributed by atoms with Gasteiger partial charge in [-0.15, -0.1) is 0 Å². The molecule has 7 heteroatoms. The SMILES string of the molecule is CCCCCCCn1c(CN2CCCC[C@H]2CC)nc2c1c(=O)n(C)c(=O)n2C. The van der Waals surface area contributed by atoms with Gasteiger partial charge in [0.05, 0.1) is 6.54 Å². The molecule has 3 heterocycles. The lowest BCUT2D eigenvalue weighted by molar-refractivity contribution is 0.131. The van der Waals surface area contributed by atoms with Gasteiger partial charge in [-0.2, -0.15) is 0 Å². The standard InChI is InChI=1S/C22H37N5O2/c1-5-7-8-9-11-15-27-18(16-26-14-12-10-13-17(26)6-2)23-20-19(27)21(28)25(4)22(29)24(20)3/h17H,5-16H2,1-4H3/t17-/m1/s1.